The summed E-state index contributed by atoms with van der Waals surface area (Å²) in [7, 11) is 0. The number of pyridine rings is 1. The van der Waals surface area contributed by atoms with Crippen LogP contribution in [0.1, 0.15) is 26.2 Å². The third-order valence-electron chi connectivity index (χ3n) is 3.85. The molecule has 1 atom stereocenters. The molecule has 2 rings (SSSR count). The van der Waals surface area contributed by atoms with Crippen molar-refractivity contribution in [2.45, 2.75) is 26.2 Å². The fourth-order valence-corrected chi connectivity index (χ4v) is 3.02. The highest BCUT2D eigenvalue weighted by Crippen LogP contribution is 2.22. The molecule has 1 aromatic heterocycles. The van der Waals surface area contributed by atoms with Crippen molar-refractivity contribution in [2.75, 3.05) is 24.5 Å². The van der Waals surface area contributed by atoms with Crippen LogP contribution in [0.3, 0.4) is 0 Å². The molecule has 7 heteroatoms. The van der Waals surface area contributed by atoms with Crippen molar-refractivity contribution in [3.8, 4) is 0 Å². The van der Waals surface area contributed by atoms with E-state index >= 15 is 0 Å². The summed E-state index contributed by atoms with van der Waals surface area (Å²) in [5, 5.41) is 0. The molecule has 1 fully saturated rings. The van der Waals surface area contributed by atoms with Crippen molar-refractivity contribution < 1.29 is 12.7 Å². The topological polar surface area (TPSA) is 62.7 Å². The summed E-state index contributed by atoms with van der Waals surface area (Å²) in [5.41, 5.74) is 0.808. The second kappa shape index (κ2) is 8.30. The molecular weight excluding hydrogens is 397 g/mol. The number of hydrogen-bond acceptors (Lipinski definition) is 4. The first-order valence-corrected chi connectivity index (χ1v) is 8.31. The van der Waals surface area contributed by atoms with Gasteiger partial charge >= 0.3 is 6.09 Å². The number of piperidine rings is 1. The van der Waals surface area contributed by atoms with Gasteiger partial charge in [-0.1, -0.05) is 6.92 Å². The van der Waals surface area contributed by atoms with Gasteiger partial charge in [0.15, 0.2) is 23.0 Å². The predicted molar refractivity (Wildman–Crippen MR) is 91.7 cm³/mol. The zero-order valence-electron chi connectivity index (χ0n) is 12.6. The second-order valence-electron chi connectivity index (χ2n) is 5.37. The number of carbonyl (C=O) groups is 2. The summed E-state index contributed by atoms with van der Waals surface area (Å²) in [4.78, 5) is 31.5. The van der Waals surface area contributed by atoms with E-state index in [0.29, 0.717) is 26.1 Å². The van der Waals surface area contributed by atoms with Crippen molar-refractivity contribution in [3.63, 3.8) is 0 Å². The average molecular weight is 417 g/mol. The lowest BCUT2D eigenvalue weighted by Crippen LogP contribution is -2.44. The van der Waals surface area contributed by atoms with E-state index in [1.165, 1.54) is 0 Å². The molecule has 2 heterocycles. The molecule has 1 unspecified atom stereocenters. The third-order valence-corrected chi connectivity index (χ3v) is 4.22. The van der Waals surface area contributed by atoms with Gasteiger partial charge in [-0.15, -0.1) is 0 Å². The highest BCUT2D eigenvalue weighted by molar-refractivity contribution is 14.1. The van der Waals surface area contributed by atoms with Gasteiger partial charge in [0.05, 0.1) is 11.9 Å². The van der Waals surface area contributed by atoms with E-state index in [1.54, 1.807) is 45.2 Å². The Morgan fingerprint density at radius 1 is 1.55 bits per heavy atom. The molecule has 1 saturated heterocycles. The Morgan fingerprint density at radius 2 is 2.36 bits per heavy atom. The molecule has 6 nitrogen and oxygen atoms in total. The maximum Gasteiger partial charge on any atom is 0.419 e. The first kappa shape index (κ1) is 17.0. The first-order valence-electron chi connectivity index (χ1n) is 7.43. The smallest absolute Gasteiger partial charge is 0.378 e. The van der Waals surface area contributed by atoms with Gasteiger partial charge < -0.3 is 12.9 Å². The van der Waals surface area contributed by atoms with Gasteiger partial charge in [-0.25, -0.2) is 4.79 Å². The van der Waals surface area contributed by atoms with E-state index in [2.05, 4.69) is 4.98 Å². The summed E-state index contributed by atoms with van der Waals surface area (Å²) in [6.07, 6.45) is 5.46. The quantitative estimate of drug-likeness (QED) is 0.707. The van der Waals surface area contributed by atoms with Crippen LogP contribution in [0.5, 0.6) is 0 Å². The number of rotatable bonds is 4. The largest absolute Gasteiger partial charge is 0.419 e. The fourth-order valence-electron chi connectivity index (χ4n) is 2.74. The Balaban J connectivity index is 2.07. The minimum Gasteiger partial charge on any atom is -0.378 e. The maximum atomic E-state index is 12.2. The number of anilines is 1. The number of halogens is 1. The van der Waals surface area contributed by atoms with E-state index < -0.39 is 0 Å². The van der Waals surface area contributed by atoms with Crippen LogP contribution in [0.4, 0.5) is 10.5 Å². The first-order chi connectivity index (χ1) is 10.7. The molecule has 0 bridgehead atoms. The Morgan fingerprint density at radius 3 is 3.00 bits per heavy atom. The Bertz CT molecular complexity index is 512. The van der Waals surface area contributed by atoms with Crippen LogP contribution < -0.4 is 4.90 Å². The maximum absolute atomic E-state index is 12.2. The van der Waals surface area contributed by atoms with Gasteiger partial charge in [0.1, 0.15) is 0 Å². The SMILES string of the molecule is CCC(=O)N(CC1CCCN(C(=O)OI)C1)c1cccnc1. The minimum atomic E-state index is -0.306. The number of hydrogen-bond donors (Lipinski definition) is 0. The van der Waals surface area contributed by atoms with Gasteiger partial charge in [0, 0.05) is 32.3 Å². The average Bonchev–Trinajstić information content (AvgIpc) is 2.59. The fraction of sp³-hybridized carbons (Fsp3) is 0.533. The van der Waals surface area contributed by atoms with Gasteiger partial charge in [-0.2, -0.15) is 0 Å². The summed E-state index contributed by atoms with van der Waals surface area (Å²) in [5.74, 6) is 0.321. The van der Waals surface area contributed by atoms with Crippen molar-refractivity contribution >= 4 is 40.7 Å². The Kier molecular flexibility index (Phi) is 6.41. The highest BCUT2D eigenvalue weighted by atomic mass is 127. The number of carbonyl (C=O) groups excluding carboxylic acids is 2. The molecule has 2 amide bonds. The molecular formula is C15H20IN3O3. The summed E-state index contributed by atoms with van der Waals surface area (Å²) < 4.78 is 4.76. The van der Waals surface area contributed by atoms with Gasteiger partial charge in [0.25, 0.3) is 0 Å². The van der Waals surface area contributed by atoms with Crippen LogP contribution in [-0.4, -0.2) is 41.5 Å². The van der Waals surface area contributed by atoms with Crippen molar-refractivity contribution in [3.05, 3.63) is 24.5 Å². The Hall–Kier alpha value is -1.38. The van der Waals surface area contributed by atoms with E-state index in [9.17, 15) is 9.59 Å². The van der Waals surface area contributed by atoms with Crippen LogP contribution in [-0.2, 0) is 7.86 Å². The standard InChI is InChI=1S/C15H20IN3O3/c1-2-14(20)19(13-6-3-7-17-9-13)11-12-5-4-8-18(10-12)15(21)22-16/h3,6-7,9,12H,2,4-5,8,10-11H2,1H3. The van der Waals surface area contributed by atoms with Crippen LogP contribution in [0.2, 0.25) is 0 Å². The molecule has 0 aliphatic carbocycles. The normalized spacial score (nSPS) is 17.9. The summed E-state index contributed by atoms with van der Waals surface area (Å²) >= 11 is 1.61. The van der Waals surface area contributed by atoms with Crippen LogP contribution in [0.15, 0.2) is 24.5 Å². The molecule has 1 aliphatic heterocycles. The number of amides is 2. The van der Waals surface area contributed by atoms with Gasteiger partial charge in [-0.05, 0) is 30.9 Å². The van der Waals surface area contributed by atoms with Crippen molar-refractivity contribution in [1.82, 2.24) is 9.88 Å². The number of nitrogens with zero attached hydrogens (tertiary/aromatic N) is 3. The van der Waals surface area contributed by atoms with E-state index in [4.69, 9.17) is 3.07 Å². The minimum absolute atomic E-state index is 0.0709. The van der Waals surface area contributed by atoms with Crippen molar-refractivity contribution in [1.29, 1.82) is 0 Å². The molecule has 22 heavy (non-hydrogen) atoms. The molecule has 0 aromatic carbocycles. The molecule has 0 radical (unpaired) electrons. The van der Waals surface area contributed by atoms with Crippen LogP contribution in [0, 0.1) is 5.92 Å². The monoisotopic (exact) mass is 417 g/mol. The molecule has 1 aromatic rings. The molecule has 0 saturated carbocycles. The van der Waals surface area contributed by atoms with Gasteiger partial charge in [-0.3, -0.25) is 9.78 Å². The second-order valence-corrected chi connectivity index (χ2v) is 5.81. The lowest BCUT2D eigenvalue weighted by molar-refractivity contribution is -0.118. The molecule has 120 valence electrons. The van der Waals surface area contributed by atoms with E-state index in [-0.39, 0.29) is 17.9 Å². The van der Waals surface area contributed by atoms with Gasteiger partial charge in [0.2, 0.25) is 5.91 Å². The summed E-state index contributed by atoms with van der Waals surface area (Å²) in [6, 6.07) is 3.71. The Labute approximate surface area is 144 Å². The van der Waals surface area contributed by atoms with E-state index in [0.717, 1.165) is 18.5 Å². The number of aromatic nitrogens is 1. The zero-order valence-corrected chi connectivity index (χ0v) is 14.7. The van der Waals surface area contributed by atoms with Crippen LogP contribution >= 0.6 is 23.0 Å². The predicted octanol–water partition coefficient (Wildman–Crippen LogP) is 3.02. The number of likely N-dealkylation sites (tertiary alicyclic amines) is 1. The zero-order chi connectivity index (χ0) is 15.9. The van der Waals surface area contributed by atoms with Crippen LogP contribution in [0.25, 0.3) is 0 Å². The summed E-state index contributed by atoms with van der Waals surface area (Å²) in [6.45, 7) is 3.79. The van der Waals surface area contributed by atoms with Crippen molar-refractivity contribution in [2.24, 2.45) is 5.92 Å². The molecule has 0 spiro atoms. The lowest BCUT2D eigenvalue weighted by atomic mass is 9.97. The molecule has 1 aliphatic rings. The lowest BCUT2D eigenvalue weighted by Gasteiger charge is -2.34. The van der Waals surface area contributed by atoms with E-state index in [1.807, 2.05) is 19.1 Å². The molecule has 0 N–H and O–H groups in total. The third kappa shape index (κ3) is 4.31. The highest BCUT2D eigenvalue weighted by Gasteiger charge is 2.27.